The van der Waals surface area contributed by atoms with E-state index in [9.17, 15) is 4.39 Å². The lowest BCUT2D eigenvalue weighted by Crippen LogP contribution is -2.22. The van der Waals surface area contributed by atoms with Crippen molar-refractivity contribution in [3.05, 3.63) is 36.3 Å². The van der Waals surface area contributed by atoms with E-state index in [1.54, 1.807) is 6.08 Å². The molecule has 94 valence electrons. The molecule has 0 aromatic carbocycles. The number of hydrogen-bond donors (Lipinski definition) is 1. The highest BCUT2D eigenvalue weighted by Gasteiger charge is 2.09. The highest BCUT2D eigenvalue weighted by molar-refractivity contribution is 5.46. The first-order valence-corrected chi connectivity index (χ1v) is 5.86. The molecule has 0 aliphatic heterocycles. The third-order valence-corrected chi connectivity index (χ3v) is 2.42. The van der Waals surface area contributed by atoms with Crippen molar-refractivity contribution in [1.82, 2.24) is 10.3 Å². The van der Waals surface area contributed by atoms with Crippen LogP contribution in [0.2, 0.25) is 0 Å². The van der Waals surface area contributed by atoms with Gasteiger partial charge >= 0.3 is 0 Å². The third kappa shape index (κ3) is 4.15. The van der Waals surface area contributed by atoms with Gasteiger partial charge < -0.3 is 10.2 Å². The molecular weight excluding hydrogens is 217 g/mol. The van der Waals surface area contributed by atoms with Crippen LogP contribution in [0.15, 0.2) is 24.9 Å². The Balaban J connectivity index is 2.83. The van der Waals surface area contributed by atoms with E-state index in [4.69, 9.17) is 0 Å². The molecule has 0 radical (unpaired) electrons. The predicted molar refractivity (Wildman–Crippen MR) is 69.7 cm³/mol. The lowest BCUT2D eigenvalue weighted by atomic mass is 10.2. The summed E-state index contributed by atoms with van der Waals surface area (Å²) < 4.78 is 13.2. The highest BCUT2D eigenvalue weighted by atomic mass is 19.1. The molecule has 1 aromatic heterocycles. The predicted octanol–water partition coefficient (Wildman–Crippen LogP) is 2.34. The minimum Gasteiger partial charge on any atom is -0.356 e. The van der Waals surface area contributed by atoms with Crippen molar-refractivity contribution in [3.8, 4) is 0 Å². The molecule has 1 heterocycles. The molecule has 4 heteroatoms. The van der Waals surface area contributed by atoms with Gasteiger partial charge in [-0.2, -0.15) is 0 Å². The molecule has 0 unspecified atom stereocenters. The first-order chi connectivity index (χ1) is 8.19. The molecule has 1 N–H and O–H groups in total. The molecule has 17 heavy (non-hydrogen) atoms. The van der Waals surface area contributed by atoms with E-state index >= 15 is 0 Å². The Morgan fingerprint density at radius 2 is 2.35 bits per heavy atom. The molecule has 0 atom stereocenters. The van der Waals surface area contributed by atoms with Crippen molar-refractivity contribution in [2.24, 2.45) is 0 Å². The minimum absolute atomic E-state index is 0.297. The van der Waals surface area contributed by atoms with Gasteiger partial charge in [-0.1, -0.05) is 13.0 Å². The quantitative estimate of drug-likeness (QED) is 0.583. The molecule has 0 fully saturated rings. The molecule has 0 aliphatic carbocycles. The maximum Gasteiger partial charge on any atom is 0.141 e. The second-order valence-corrected chi connectivity index (χ2v) is 3.98. The molecule has 0 bridgehead atoms. The molecule has 0 spiro atoms. The monoisotopic (exact) mass is 237 g/mol. The summed E-state index contributed by atoms with van der Waals surface area (Å²) in [7, 11) is 1.92. The van der Waals surface area contributed by atoms with E-state index in [2.05, 4.69) is 23.8 Å². The van der Waals surface area contributed by atoms with E-state index in [1.807, 2.05) is 11.9 Å². The molecule has 0 amide bonds. The molecule has 0 saturated heterocycles. The van der Waals surface area contributed by atoms with E-state index in [1.165, 1.54) is 12.3 Å². The van der Waals surface area contributed by atoms with Gasteiger partial charge in [0, 0.05) is 25.7 Å². The van der Waals surface area contributed by atoms with Gasteiger partial charge in [0.05, 0.1) is 6.20 Å². The van der Waals surface area contributed by atoms with Crippen LogP contribution in [0.5, 0.6) is 0 Å². The van der Waals surface area contributed by atoms with Crippen LogP contribution in [0.25, 0.3) is 0 Å². The van der Waals surface area contributed by atoms with Gasteiger partial charge in [0.15, 0.2) is 0 Å². The van der Waals surface area contributed by atoms with Crippen molar-refractivity contribution in [2.45, 2.75) is 19.9 Å². The van der Waals surface area contributed by atoms with Crippen LogP contribution in [0, 0.1) is 5.82 Å². The summed E-state index contributed by atoms with van der Waals surface area (Å²) >= 11 is 0. The Kier molecular flexibility index (Phi) is 5.63. The number of aromatic nitrogens is 1. The summed E-state index contributed by atoms with van der Waals surface area (Å²) in [6.07, 6.45) is 4.10. The number of rotatable bonds is 7. The lowest BCUT2D eigenvalue weighted by Gasteiger charge is -2.19. The number of halogens is 1. The molecular formula is C13H20FN3. The molecule has 1 rings (SSSR count). The van der Waals surface area contributed by atoms with E-state index in [0.717, 1.165) is 24.3 Å². The van der Waals surface area contributed by atoms with Crippen molar-refractivity contribution >= 4 is 5.82 Å². The standard InChI is InChI=1S/C13H20FN3/c1-4-6-15-9-11-8-12(14)10-16-13(11)17(3)7-5-2/h5,8,10,15H,2,4,6-7,9H2,1,3H3. The number of nitrogens with one attached hydrogen (secondary N) is 1. The first kappa shape index (κ1) is 13.6. The largest absolute Gasteiger partial charge is 0.356 e. The van der Waals surface area contributed by atoms with Crippen molar-refractivity contribution in [3.63, 3.8) is 0 Å². The number of pyridine rings is 1. The first-order valence-electron chi connectivity index (χ1n) is 5.86. The summed E-state index contributed by atoms with van der Waals surface area (Å²) in [6, 6.07) is 1.53. The van der Waals surface area contributed by atoms with Crippen LogP contribution in [-0.4, -0.2) is 25.1 Å². The van der Waals surface area contributed by atoms with Crippen LogP contribution in [0.3, 0.4) is 0 Å². The fourth-order valence-electron chi connectivity index (χ4n) is 1.63. The van der Waals surface area contributed by atoms with Crippen LogP contribution >= 0.6 is 0 Å². The topological polar surface area (TPSA) is 28.2 Å². The van der Waals surface area contributed by atoms with Crippen molar-refractivity contribution < 1.29 is 4.39 Å². The zero-order valence-corrected chi connectivity index (χ0v) is 10.5. The molecule has 0 saturated carbocycles. The summed E-state index contributed by atoms with van der Waals surface area (Å²) in [6.45, 7) is 8.03. The van der Waals surface area contributed by atoms with E-state index in [-0.39, 0.29) is 5.82 Å². The van der Waals surface area contributed by atoms with Crippen LogP contribution in [0.1, 0.15) is 18.9 Å². The Hall–Kier alpha value is -1.42. The summed E-state index contributed by atoms with van der Waals surface area (Å²) in [5.74, 6) is 0.504. The van der Waals surface area contributed by atoms with Crippen LogP contribution < -0.4 is 10.2 Å². The van der Waals surface area contributed by atoms with Gasteiger partial charge in [0.2, 0.25) is 0 Å². The van der Waals surface area contributed by atoms with Crippen molar-refractivity contribution in [1.29, 1.82) is 0 Å². The Morgan fingerprint density at radius 1 is 1.59 bits per heavy atom. The van der Waals surface area contributed by atoms with E-state index in [0.29, 0.717) is 13.1 Å². The average molecular weight is 237 g/mol. The zero-order valence-electron chi connectivity index (χ0n) is 10.5. The van der Waals surface area contributed by atoms with Gasteiger partial charge in [-0.05, 0) is 19.0 Å². The maximum absolute atomic E-state index is 13.2. The smallest absolute Gasteiger partial charge is 0.141 e. The van der Waals surface area contributed by atoms with Gasteiger partial charge in [-0.25, -0.2) is 9.37 Å². The molecule has 0 aliphatic rings. The van der Waals surface area contributed by atoms with Crippen molar-refractivity contribution in [2.75, 3.05) is 25.0 Å². The van der Waals surface area contributed by atoms with Gasteiger partial charge in [0.1, 0.15) is 11.6 Å². The van der Waals surface area contributed by atoms with Gasteiger partial charge in [-0.15, -0.1) is 6.58 Å². The van der Waals surface area contributed by atoms with Crippen LogP contribution in [-0.2, 0) is 6.54 Å². The summed E-state index contributed by atoms with van der Waals surface area (Å²) in [5, 5.41) is 3.26. The maximum atomic E-state index is 13.2. The second-order valence-electron chi connectivity index (χ2n) is 3.98. The van der Waals surface area contributed by atoms with E-state index < -0.39 is 0 Å². The highest BCUT2D eigenvalue weighted by Crippen LogP contribution is 2.17. The summed E-state index contributed by atoms with van der Waals surface area (Å²) in [5.41, 5.74) is 0.878. The fourth-order valence-corrected chi connectivity index (χ4v) is 1.63. The molecule has 3 nitrogen and oxygen atoms in total. The molecule has 1 aromatic rings. The SMILES string of the molecule is C=CCN(C)c1ncc(F)cc1CNCCC. The number of likely N-dealkylation sites (N-methyl/N-ethyl adjacent to an activating group) is 1. The van der Waals surface area contributed by atoms with Crippen LogP contribution in [0.4, 0.5) is 10.2 Å². The Labute approximate surface area is 102 Å². The second kappa shape index (κ2) is 7.01. The van der Waals surface area contributed by atoms with Gasteiger partial charge in [0.25, 0.3) is 0 Å². The number of anilines is 1. The van der Waals surface area contributed by atoms with Gasteiger partial charge in [-0.3, -0.25) is 0 Å². The average Bonchev–Trinajstić information content (AvgIpc) is 2.30. The Morgan fingerprint density at radius 3 is 3.00 bits per heavy atom. The zero-order chi connectivity index (χ0) is 12.7. The number of nitrogens with zero attached hydrogens (tertiary/aromatic N) is 2. The Bertz CT molecular complexity index is 366. The normalized spacial score (nSPS) is 10.3. The minimum atomic E-state index is -0.297. The lowest BCUT2D eigenvalue weighted by molar-refractivity contribution is 0.611. The number of hydrogen-bond acceptors (Lipinski definition) is 3. The third-order valence-electron chi connectivity index (χ3n) is 2.42. The fraction of sp³-hybridized carbons (Fsp3) is 0.462. The summed E-state index contributed by atoms with van der Waals surface area (Å²) in [4.78, 5) is 6.09.